The minimum absolute atomic E-state index is 0.0545. The summed E-state index contributed by atoms with van der Waals surface area (Å²) in [5.74, 6) is -0.219. The molecule has 1 aliphatic heterocycles. The first-order valence-corrected chi connectivity index (χ1v) is 7.11. The van der Waals surface area contributed by atoms with Crippen LogP contribution in [0.5, 0.6) is 0 Å². The van der Waals surface area contributed by atoms with Crippen molar-refractivity contribution in [2.45, 2.75) is 32.2 Å². The van der Waals surface area contributed by atoms with Crippen molar-refractivity contribution in [1.29, 1.82) is 0 Å². The molecule has 0 saturated carbocycles. The molecule has 0 aliphatic carbocycles. The number of amides is 2. The van der Waals surface area contributed by atoms with Gasteiger partial charge in [0.25, 0.3) is 5.91 Å². The molecule has 1 atom stereocenters. The topological polar surface area (TPSA) is 70.2 Å². The molecule has 1 aromatic rings. The fourth-order valence-corrected chi connectivity index (χ4v) is 2.40. The Balaban J connectivity index is 2.00. The largest absolute Gasteiger partial charge is 0.352 e. The van der Waals surface area contributed by atoms with E-state index in [0.717, 1.165) is 19.4 Å². The van der Waals surface area contributed by atoms with Crippen molar-refractivity contribution in [3.05, 3.63) is 29.8 Å². The minimum atomic E-state index is -0.164. The van der Waals surface area contributed by atoms with Crippen LogP contribution in [0.25, 0.3) is 0 Å². The summed E-state index contributed by atoms with van der Waals surface area (Å²) in [6.45, 7) is 3.41. The van der Waals surface area contributed by atoms with Gasteiger partial charge in [0.15, 0.2) is 0 Å². The molecule has 1 aromatic carbocycles. The second-order valence-electron chi connectivity index (χ2n) is 4.95. The van der Waals surface area contributed by atoms with Crippen molar-refractivity contribution in [3.8, 4) is 0 Å². The Morgan fingerprint density at radius 1 is 1.35 bits per heavy atom. The number of anilines is 1. The predicted octanol–water partition coefficient (Wildman–Crippen LogP) is 1.52. The van der Waals surface area contributed by atoms with Crippen LogP contribution in [0.15, 0.2) is 24.3 Å². The zero-order valence-electron chi connectivity index (χ0n) is 11.7. The van der Waals surface area contributed by atoms with E-state index in [9.17, 15) is 9.59 Å². The van der Waals surface area contributed by atoms with Crippen LogP contribution >= 0.6 is 0 Å². The second-order valence-corrected chi connectivity index (χ2v) is 4.95. The zero-order chi connectivity index (χ0) is 14.4. The van der Waals surface area contributed by atoms with E-state index < -0.39 is 0 Å². The van der Waals surface area contributed by atoms with E-state index in [1.807, 2.05) is 13.0 Å². The number of rotatable bonds is 5. The minimum Gasteiger partial charge on any atom is -0.352 e. The van der Waals surface area contributed by atoms with Crippen LogP contribution in [-0.2, 0) is 4.79 Å². The zero-order valence-corrected chi connectivity index (χ0v) is 11.7. The van der Waals surface area contributed by atoms with Crippen molar-refractivity contribution in [2.75, 3.05) is 18.4 Å². The van der Waals surface area contributed by atoms with Crippen LogP contribution in [-0.4, -0.2) is 30.9 Å². The van der Waals surface area contributed by atoms with E-state index in [4.69, 9.17) is 0 Å². The molecular formula is C15H21N3O2. The fraction of sp³-hybridized carbons (Fsp3) is 0.467. The van der Waals surface area contributed by atoms with Crippen LogP contribution in [0.4, 0.5) is 5.69 Å². The maximum Gasteiger partial charge on any atom is 0.253 e. The van der Waals surface area contributed by atoms with E-state index in [2.05, 4.69) is 16.0 Å². The molecule has 1 fully saturated rings. The molecule has 0 spiro atoms. The summed E-state index contributed by atoms with van der Waals surface area (Å²) < 4.78 is 0. The van der Waals surface area contributed by atoms with Crippen molar-refractivity contribution in [3.63, 3.8) is 0 Å². The van der Waals surface area contributed by atoms with E-state index in [0.29, 0.717) is 24.2 Å². The maximum absolute atomic E-state index is 12.0. The van der Waals surface area contributed by atoms with E-state index in [-0.39, 0.29) is 17.9 Å². The number of benzene rings is 1. The van der Waals surface area contributed by atoms with Gasteiger partial charge < -0.3 is 16.0 Å². The highest BCUT2D eigenvalue weighted by Gasteiger charge is 2.19. The first-order chi connectivity index (χ1) is 9.70. The van der Waals surface area contributed by atoms with Crippen LogP contribution in [0.3, 0.4) is 0 Å². The molecule has 0 bridgehead atoms. The van der Waals surface area contributed by atoms with Gasteiger partial charge in [0.2, 0.25) is 5.91 Å². The maximum atomic E-state index is 12.0. The van der Waals surface area contributed by atoms with Gasteiger partial charge in [-0.2, -0.15) is 0 Å². The summed E-state index contributed by atoms with van der Waals surface area (Å²) in [6, 6.07) is 7.33. The molecule has 0 radical (unpaired) electrons. The Kier molecular flexibility index (Phi) is 5.12. The smallest absolute Gasteiger partial charge is 0.253 e. The average molecular weight is 275 g/mol. The quantitative estimate of drug-likeness (QED) is 0.763. The first kappa shape index (κ1) is 14.5. The van der Waals surface area contributed by atoms with Crippen molar-refractivity contribution >= 4 is 17.5 Å². The van der Waals surface area contributed by atoms with E-state index in [1.165, 1.54) is 0 Å². The second kappa shape index (κ2) is 7.05. The Labute approximate surface area is 119 Å². The van der Waals surface area contributed by atoms with E-state index in [1.54, 1.807) is 18.2 Å². The predicted molar refractivity (Wildman–Crippen MR) is 78.7 cm³/mol. The lowest BCUT2D eigenvalue weighted by Crippen LogP contribution is -2.29. The molecule has 5 nitrogen and oxygen atoms in total. The molecule has 1 heterocycles. The average Bonchev–Trinajstić information content (AvgIpc) is 2.92. The third-order valence-corrected chi connectivity index (χ3v) is 3.38. The monoisotopic (exact) mass is 275 g/mol. The Morgan fingerprint density at radius 3 is 2.85 bits per heavy atom. The highest BCUT2D eigenvalue weighted by Crippen LogP contribution is 2.16. The molecule has 20 heavy (non-hydrogen) atoms. The van der Waals surface area contributed by atoms with Crippen molar-refractivity contribution in [1.82, 2.24) is 10.6 Å². The third-order valence-electron chi connectivity index (χ3n) is 3.38. The summed E-state index contributed by atoms with van der Waals surface area (Å²) in [6.07, 6.45) is 2.60. The summed E-state index contributed by atoms with van der Waals surface area (Å²) >= 11 is 0. The summed E-state index contributed by atoms with van der Waals surface area (Å²) in [4.78, 5) is 23.9. The van der Waals surface area contributed by atoms with E-state index >= 15 is 0 Å². The van der Waals surface area contributed by atoms with Gasteiger partial charge in [-0.25, -0.2) is 0 Å². The molecule has 3 N–H and O–H groups in total. The lowest BCUT2D eigenvalue weighted by molar-refractivity contribution is -0.116. The van der Waals surface area contributed by atoms with Gasteiger partial charge in [-0.1, -0.05) is 12.1 Å². The number of carbonyl (C=O) groups is 2. The number of hydrogen-bond donors (Lipinski definition) is 3. The van der Waals surface area contributed by atoms with Crippen LogP contribution in [0.2, 0.25) is 0 Å². The van der Waals surface area contributed by atoms with Gasteiger partial charge in [-0.15, -0.1) is 0 Å². The summed E-state index contributed by atoms with van der Waals surface area (Å²) in [5, 5.41) is 8.87. The number of carbonyl (C=O) groups excluding carboxylic acids is 2. The third kappa shape index (κ3) is 3.81. The molecule has 1 aliphatic rings. The molecule has 0 aromatic heterocycles. The van der Waals surface area contributed by atoms with Gasteiger partial charge in [0, 0.05) is 19.0 Å². The molecule has 1 unspecified atom stereocenters. The van der Waals surface area contributed by atoms with Gasteiger partial charge >= 0.3 is 0 Å². The highest BCUT2D eigenvalue weighted by molar-refractivity contribution is 6.03. The molecule has 1 saturated heterocycles. The fourth-order valence-electron chi connectivity index (χ4n) is 2.40. The highest BCUT2D eigenvalue weighted by atomic mass is 16.2. The van der Waals surface area contributed by atoms with Crippen LogP contribution < -0.4 is 16.0 Å². The number of para-hydroxylation sites is 1. The van der Waals surface area contributed by atoms with Gasteiger partial charge in [-0.05, 0) is 38.4 Å². The molecule has 2 rings (SSSR count). The van der Waals surface area contributed by atoms with Crippen molar-refractivity contribution in [2.24, 2.45) is 0 Å². The van der Waals surface area contributed by atoms with Crippen LogP contribution in [0, 0.1) is 0 Å². The summed E-state index contributed by atoms with van der Waals surface area (Å²) in [7, 11) is 0. The normalized spacial score (nSPS) is 17.8. The number of nitrogens with one attached hydrogen (secondary N) is 3. The SMILES string of the molecule is CCNC(=O)c1ccccc1NC(=O)CC1CCCN1. The Morgan fingerprint density at radius 2 is 2.15 bits per heavy atom. The van der Waals surface area contributed by atoms with Gasteiger partial charge in [0.05, 0.1) is 11.3 Å². The molecule has 2 amide bonds. The lowest BCUT2D eigenvalue weighted by atomic mass is 10.1. The Bertz CT molecular complexity index is 482. The molecule has 5 heteroatoms. The lowest BCUT2D eigenvalue weighted by Gasteiger charge is -2.13. The van der Waals surface area contributed by atoms with Gasteiger partial charge in [0.1, 0.15) is 0 Å². The van der Waals surface area contributed by atoms with Crippen molar-refractivity contribution < 1.29 is 9.59 Å². The summed E-state index contributed by atoms with van der Waals surface area (Å²) in [5.41, 5.74) is 1.07. The molecule has 108 valence electrons. The Hall–Kier alpha value is -1.88. The standard InChI is InChI=1S/C15H21N3O2/c1-2-16-15(20)12-7-3-4-8-13(12)18-14(19)10-11-6-5-9-17-11/h3-4,7-8,11,17H,2,5-6,9-10H2,1H3,(H,16,20)(H,18,19). The molecular weight excluding hydrogens is 254 g/mol. The number of hydrogen-bond acceptors (Lipinski definition) is 3. The first-order valence-electron chi connectivity index (χ1n) is 7.11. The van der Waals surface area contributed by atoms with Crippen LogP contribution in [0.1, 0.15) is 36.5 Å². The van der Waals surface area contributed by atoms with Gasteiger partial charge in [-0.3, -0.25) is 9.59 Å².